The Bertz CT molecular complexity index is 452. The Kier molecular flexibility index (Phi) is 4.54. The molecule has 1 fully saturated rings. The maximum absolute atomic E-state index is 11.1. The van der Waals surface area contributed by atoms with Gasteiger partial charge >= 0.3 is 5.97 Å². The number of aliphatic carboxylic acids is 1. The van der Waals surface area contributed by atoms with Crippen molar-refractivity contribution in [1.29, 1.82) is 0 Å². The summed E-state index contributed by atoms with van der Waals surface area (Å²) in [6, 6.07) is 7.08. The zero-order chi connectivity index (χ0) is 13.0. The first-order chi connectivity index (χ1) is 8.66. The van der Waals surface area contributed by atoms with Crippen LogP contribution in [-0.4, -0.2) is 36.1 Å². The molecule has 0 radical (unpaired) electrons. The van der Waals surface area contributed by atoms with Gasteiger partial charge in [-0.15, -0.1) is 0 Å². The summed E-state index contributed by atoms with van der Waals surface area (Å²) in [4.78, 5) is 16.3. The lowest BCUT2D eigenvalue weighted by molar-refractivity contribution is -0.129. The second-order valence-electron chi connectivity index (χ2n) is 3.84. The molecule has 18 heavy (non-hydrogen) atoms. The third-order valence-electron chi connectivity index (χ3n) is 2.50. The largest absolute Gasteiger partial charge is 0.476 e. The fraction of sp³-hybridized carbons (Fsp3) is 0.333. The minimum absolute atomic E-state index is 0.0849. The van der Waals surface area contributed by atoms with Gasteiger partial charge in [0, 0.05) is 15.6 Å². The number of hydrogen-bond donors (Lipinski definition) is 1. The molecule has 0 amide bonds. The molecule has 1 saturated heterocycles. The van der Waals surface area contributed by atoms with E-state index >= 15 is 0 Å². The first kappa shape index (κ1) is 13.3. The third-order valence-corrected chi connectivity index (χ3v) is 3.22. The summed E-state index contributed by atoms with van der Waals surface area (Å²) >= 11 is 2.15. The van der Waals surface area contributed by atoms with E-state index in [1.54, 1.807) is 12.1 Å². The Hall–Kier alpha value is -1.15. The normalized spacial score (nSPS) is 19.8. The molecule has 0 bridgehead atoms. The standard InChI is InChI=1S/C12H12INO4/c13-9-3-1-8(2-4-9)11(12(15)16)14-18-10-5-6-17-7-10/h1-4,10H,5-7H2,(H,15,16)/b14-11+/t10-/m1/s1. The average Bonchev–Trinajstić information content (AvgIpc) is 2.84. The van der Waals surface area contributed by atoms with E-state index in [0.717, 1.165) is 9.99 Å². The van der Waals surface area contributed by atoms with Gasteiger partial charge < -0.3 is 14.7 Å². The van der Waals surface area contributed by atoms with Gasteiger partial charge in [-0.25, -0.2) is 4.79 Å². The van der Waals surface area contributed by atoms with Crippen LogP contribution in [0, 0.1) is 3.57 Å². The van der Waals surface area contributed by atoms with E-state index in [2.05, 4.69) is 27.7 Å². The van der Waals surface area contributed by atoms with Gasteiger partial charge in [0.1, 0.15) is 0 Å². The Labute approximate surface area is 118 Å². The van der Waals surface area contributed by atoms with Gasteiger partial charge in [-0.2, -0.15) is 0 Å². The maximum Gasteiger partial charge on any atom is 0.358 e. The highest BCUT2D eigenvalue weighted by atomic mass is 127. The smallest absolute Gasteiger partial charge is 0.358 e. The molecule has 0 aromatic heterocycles. The molecule has 0 saturated carbocycles. The van der Waals surface area contributed by atoms with Crippen molar-refractivity contribution in [3.63, 3.8) is 0 Å². The third kappa shape index (κ3) is 3.42. The van der Waals surface area contributed by atoms with Gasteiger partial charge in [-0.1, -0.05) is 17.3 Å². The molecule has 6 heteroatoms. The highest BCUT2D eigenvalue weighted by Gasteiger charge is 2.19. The van der Waals surface area contributed by atoms with E-state index in [1.807, 2.05) is 12.1 Å². The lowest BCUT2D eigenvalue weighted by Gasteiger charge is -2.07. The first-order valence-corrected chi connectivity index (χ1v) is 6.55. The molecule has 1 aliphatic rings. The molecule has 0 unspecified atom stereocenters. The Morgan fingerprint density at radius 3 is 2.72 bits per heavy atom. The average molecular weight is 361 g/mol. The van der Waals surface area contributed by atoms with Crippen LogP contribution in [0.25, 0.3) is 0 Å². The molecule has 1 N–H and O–H groups in total. The van der Waals surface area contributed by atoms with Crippen LogP contribution in [0.3, 0.4) is 0 Å². The van der Waals surface area contributed by atoms with Crippen LogP contribution < -0.4 is 0 Å². The summed E-state index contributed by atoms with van der Waals surface area (Å²) < 4.78 is 6.16. The molecular formula is C12H12INO4. The number of halogens is 1. The molecule has 96 valence electrons. The zero-order valence-electron chi connectivity index (χ0n) is 9.51. The monoisotopic (exact) mass is 361 g/mol. The number of hydrogen-bond acceptors (Lipinski definition) is 4. The molecule has 2 rings (SSSR count). The van der Waals surface area contributed by atoms with Crippen molar-refractivity contribution in [2.75, 3.05) is 13.2 Å². The number of oxime groups is 1. The predicted octanol–water partition coefficient (Wildman–Crippen LogP) is 1.89. The summed E-state index contributed by atoms with van der Waals surface area (Å²) in [5.74, 6) is -1.10. The summed E-state index contributed by atoms with van der Waals surface area (Å²) in [7, 11) is 0. The number of ether oxygens (including phenoxy) is 1. The Morgan fingerprint density at radius 2 is 2.17 bits per heavy atom. The number of carboxylic acids is 1. The van der Waals surface area contributed by atoms with E-state index in [9.17, 15) is 4.79 Å². The second kappa shape index (κ2) is 6.14. The minimum atomic E-state index is -1.10. The van der Waals surface area contributed by atoms with Gasteiger partial charge in [0.2, 0.25) is 0 Å². The van der Waals surface area contributed by atoms with Crippen molar-refractivity contribution >= 4 is 34.3 Å². The summed E-state index contributed by atoms with van der Waals surface area (Å²) in [5.41, 5.74) is 0.445. The van der Waals surface area contributed by atoms with Gasteiger partial charge in [0.25, 0.3) is 0 Å². The summed E-state index contributed by atoms with van der Waals surface area (Å²) in [6.45, 7) is 1.09. The minimum Gasteiger partial charge on any atom is -0.476 e. The van der Waals surface area contributed by atoms with Crippen molar-refractivity contribution in [1.82, 2.24) is 0 Å². The number of benzene rings is 1. The molecule has 0 spiro atoms. The molecular weight excluding hydrogens is 349 g/mol. The number of carboxylic acid groups (broad SMARTS) is 1. The summed E-state index contributed by atoms with van der Waals surface area (Å²) in [6.07, 6.45) is 0.589. The molecule has 0 aliphatic carbocycles. The van der Waals surface area contributed by atoms with Gasteiger partial charge in [0.05, 0.1) is 13.2 Å². The first-order valence-electron chi connectivity index (χ1n) is 5.47. The summed E-state index contributed by atoms with van der Waals surface area (Å²) in [5, 5.41) is 12.9. The van der Waals surface area contributed by atoms with Crippen molar-refractivity contribution in [3.05, 3.63) is 33.4 Å². The van der Waals surface area contributed by atoms with Gasteiger partial charge in [0.15, 0.2) is 11.8 Å². The number of carbonyl (C=O) groups is 1. The van der Waals surface area contributed by atoms with Crippen LogP contribution in [0.2, 0.25) is 0 Å². The highest BCUT2D eigenvalue weighted by molar-refractivity contribution is 14.1. The molecule has 5 nitrogen and oxygen atoms in total. The quantitative estimate of drug-likeness (QED) is 0.505. The SMILES string of the molecule is O=C(O)/C(=N/O[C@@H]1CCOC1)c1ccc(I)cc1. The number of rotatable bonds is 4. The van der Waals surface area contributed by atoms with Crippen molar-refractivity contribution in [3.8, 4) is 0 Å². The Morgan fingerprint density at radius 1 is 1.44 bits per heavy atom. The van der Waals surface area contributed by atoms with Crippen LogP contribution in [0.1, 0.15) is 12.0 Å². The Balaban J connectivity index is 2.14. The second-order valence-corrected chi connectivity index (χ2v) is 5.09. The van der Waals surface area contributed by atoms with Crippen molar-refractivity contribution in [2.45, 2.75) is 12.5 Å². The van der Waals surface area contributed by atoms with Crippen LogP contribution in [0.4, 0.5) is 0 Å². The highest BCUT2D eigenvalue weighted by Crippen LogP contribution is 2.11. The van der Waals surface area contributed by atoms with Crippen LogP contribution >= 0.6 is 22.6 Å². The van der Waals surface area contributed by atoms with E-state index in [-0.39, 0.29) is 11.8 Å². The molecule has 1 aromatic rings. The molecule has 1 atom stereocenters. The van der Waals surface area contributed by atoms with Crippen LogP contribution in [0.15, 0.2) is 29.4 Å². The van der Waals surface area contributed by atoms with E-state index < -0.39 is 5.97 Å². The van der Waals surface area contributed by atoms with E-state index in [0.29, 0.717) is 18.8 Å². The maximum atomic E-state index is 11.1. The lowest BCUT2D eigenvalue weighted by atomic mass is 10.1. The van der Waals surface area contributed by atoms with Crippen LogP contribution in [-0.2, 0) is 14.4 Å². The van der Waals surface area contributed by atoms with Gasteiger partial charge in [-0.3, -0.25) is 0 Å². The lowest BCUT2D eigenvalue weighted by Crippen LogP contribution is -2.17. The number of nitrogens with zero attached hydrogens (tertiary/aromatic N) is 1. The van der Waals surface area contributed by atoms with Crippen LogP contribution in [0.5, 0.6) is 0 Å². The van der Waals surface area contributed by atoms with Crippen molar-refractivity contribution in [2.24, 2.45) is 5.16 Å². The van der Waals surface area contributed by atoms with E-state index in [1.165, 1.54) is 0 Å². The van der Waals surface area contributed by atoms with Gasteiger partial charge in [-0.05, 0) is 34.7 Å². The fourth-order valence-corrected chi connectivity index (χ4v) is 1.91. The zero-order valence-corrected chi connectivity index (χ0v) is 11.7. The van der Waals surface area contributed by atoms with Crippen molar-refractivity contribution < 1.29 is 19.5 Å². The topological polar surface area (TPSA) is 68.1 Å². The molecule has 1 aromatic carbocycles. The molecule has 1 aliphatic heterocycles. The predicted molar refractivity (Wildman–Crippen MR) is 73.6 cm³/mol. The molecule has 1 heterocycles. The van der Waals surface area contributed by atoms with E-state index in [4.69, 9.17) is 14.7 Å². The fourth-order valence-electron chi connectivity index (χ4n) is 1.55.